The number of nitrogens with one attached hydrogen (secondary N) is 1. The normalized spacial score (nSPS) is 10.4. The molecule has 1 N–H and O–H groups in total. The first-order valence-corrected chi connectivity index (χ1v) is 5.77. The van der Waals surface area contributed by atoms with Crippen molar-refractivity contribution in [3.05, 3.63) is 43.0 Å². The van der Waals surface area contributed by atoms with Crippen molar-refractivity contribution in [2.75, 3.05) is 11.9 Å². The number of ether oxygens (including phenoxy) is 2. The maximum atomic E-state index is 11.5. The molecule has 0 radical (unpaired) electrons. The Morgan fingerprint density at radius 1 is 1.32 bits per heavy atom. The van der Waals surface area contributed by atoms with E-state index in [9.17, 15) is 9.59 Å². The van der Waals surface area contributed by atoms with E-state index in [-0.39, 0.29) is 6.61 Å². The molecule has 0 fully saturated rings. The van der Waals surface area contributed by atoms with Crippen molar-refractivity contribution in [3.8, 4) is 0 Å². The second-order valence-electron chi connectivity index (χ2n) is 4.45. The summed E-state index contributed by atoms with van der Waals surface area (Å²) in [5, 5.41) is 2.56. The maximum Gasteiger partial charge on any atom is 0.411 e. The van der Waals surface area contributed by atoms with E-state index in [1.807, 2.05) is 6.07 Å². The van der Waals surface area contributed by atoms with Gasteiger partial charge in [-0.05, 0) is 26.0 Å². The maximum absolute atomic E-state index is 11.5. The van der Waals surface area contributed by atoms with E-state index in [0.29, 0.717) is 5.69 Å². The van der Waals surface area contributed by atoms with Gasteiger partial charge < -0.3 is 9.47 Å². The Bertz CT molecular complexity index is 454. The van der Waals surface area contributed by atoms with E-state index in [2.05, 4.69) is 11.9 Å². The van der Waals surface area contributed by atoms with Crippen LogP contribution in [0.15, 0.2) is 43.0 Å². The molecule has 0 saturated heterocycles. The monoisotopic (exact) mass is 263 g/mol. The highest BCUT2D eigenvalue weighted by atomic mass is 16.6. The minimum Gasteiger partial charge on any atom is -0.453 e. The number of amides is 1. The van der Waals surface area contributed by atoms with Gasteiger partial charge in [-0.15, -0.1) is 0 Å². The number of carbonyl (C=O) groups excluding carboxylic acids is 2. The second kappa shape index (κ2) is 6.58. The van der Waals surface area contributed by atoms with Crippen LogP contribution in [0.1, 0.15) is 13.8 Å². The summed E-state index contributed by atoms with van der Waals surface area (Å²) in [5.74, 6) is -0.558. The number of anilines is 1. The van der Waals surface area contributed by atoms with Crippen molar-refractivity contribution >= 4 is 17.7 Å². The highest BCUT2D eigenvalue weighted by molar-refractivity contribution is 5.84. The van der Waals surface area contributed by atoms with Gasteiger partial charge in [0.1, 0.15) is 12.2 Å². The van der Waals surface area contributed by atoms with E-state index in [1.54, 1.807) is 38.1 Å². The number of benzene rings is 1. The predicted octanol–water partition coefficient (Wildman–Crippen LogP) is 2.74. The Hall–Kier alpha value is -2.30. The number of rotatable bonds is 5. The molecule has 102 valence electrons. The fourth-order valence-corrected chi connectivity index (χ4v) is 1.26. The average Bonchev–Trinajstić information content (AvgIpc) is 2.37. The molecule has 1 aromatic rings. The molecule has 1 amide bonds. The highest BCUT2D eigenvalue weighted by Gasteiger charge is 2.24. The lowest BCUT2D eigenvalue weighted by molar-refractivity contribution is -0.153. The molecule has 5 nitrogen and oxygen atoms in total. The van der Waals surface area contributed by atoms with Crippen molar-refractivity contribution in [2.24, 2.45) is 0 Å². The zero-order valence-corrected chi connectivity index (χ0v) is 11.0. The fraction of sp³-hybridized carbons (Fsp3) is 0.286. The molecule has 0 unspecified atom stereocenters. The lowest BCUT2D eigenvalue weighted by Crippen LogP contribution is -2.34. The van der Waals surface area contributed by atoms with Gasteiger partial charge >= 0.3 is 12.1 Å². The van der Waals surface area contributed by atoms with Crippen molar-refractivity contribution < 1.29 is 19.1 Å². The van der Waals surface area contributed by atoms with E-state index in [4.69, 9.17) is 9.47 Å². The summed E-state index contributed by atoms with van der Waals surface area (Å²) in [6.45, 7) is 6.54. The van der Waals surface area contributed by atoms with Gasteiger partial charge in [-0.25, -0.2) is 9.59 Å². The first kappa shape index (κ1) is 14.8. The Balaban J connectivity index is 2.41. The molecular weight excluding hydrogens is 246 g/mol. The Kier molecular flexibility index (Phi) is 5.11. The summed E-state index contributed by atoms with van der Waals surface area (Å²) in [5.41, 5.74) is -0.271. The SMILES string of the molecule is C=CC(=O)OC(C)(C)COC(=O)Nc1ccccc1. The summed E-state index contributed by atoms with van der Waals surface area (Å²) in [6, 6.07) is 8.92. The smallest absolute Gasteiger partial charge is 0.411 e. The van der Waals surface area contributed by atoms with Gasteiger partial charge in [0.05, 0.1) is 0 Å². The van der Waals surface area contributed by atoms with Gasteiger partial charge in [0, 0.05) is 11.8 Å². The molecule has 5 heteroatoms. The predicted molar refractivity (Wildman–Crippen MR) is 71.8 cm³/mol. The van der Waals surface area contributed by atoms with E-state index in [1.165, 1.54) is 0 Å². The van der Waals surface area contributed by atoms with Crippen LogP contribution in [-0.2, 0) is 14.3 Å². The van der Waals surface area contributed by atoms with Crippen LogP contribution >= 0.6 is 0 Å². The molecule has 0 aromatic heterocycles. The zero-order chi connectivity index (χ0) is 14.3. The molecule has 0 aliphatic carbocycles. The molecule has 0 bridgehead atoms. The molecule has 1 rings (SSSR count). The lowest BCUT2D eigenvalue weighted by Gasteiger charge is -2.23. The third-order valence-corrected chi connectivity index (χ3v) is 2.11. The zero-order valence-electron chi connectivity index (χ0n) is 11.0. The van der Waals surface area contributed by atoms with E-state index < -0.39 is 17.7 Å². The van der Waals surface area contributed by atoms with E-state index in [0.717, 1.165) is 6.08 Å². The quantitative estimate of drug-likeness (QED) is 0.655. The third kappa shape index (κ3) is 5.72. The van der Waals surface area contributed by atoms with Gasteiger partial charge in [0.15, 0.2) is 0 Å². The van der Waals surface area contributed by atoms with Crippen LogP contribution in [0, 0.1) is 0 Å². The average molecular weight is 263 g/mol. The van der Waals surface area contributed by atoms with Crippen molar-refractivity contribution in [1.29, 1.82) is 0 Å². The largest absolute Gasteiger partial charge is 0.453 e. The van der Waals surface area contributed by atoms with Crippen LogP contribution < -0.4 is 5.32 Å². The van der Waals surface area contributed by atoms with Crippen LogP contribution in [0.4, 0.5) is 10.5 Å². The summed E-state index contributed by atoms with van der Waals surface area (Å²) in [7, 11) is 0. The van der Waals surface area contributed by atoms with Gasteiger partial charge in [0.2, 0.25) is 0 Å². The van der Waals surface area contributed by atoms with Crippen LogP contribution in [0.2, 0.25) is 0 Å². The van der Waals surface area contributed by atoms with Crippen LogP contribution in [0.5, 0.6) is 0 Å². The summed E-state index contributed by atoms with van der Waals surface area (Å²) in [4.78, 5) is 22.6. The first-order valence-electron chi connectivity index (χ1n) is 5.77. The lowest BCUT2D eigenvalue weighted by atomic mass is 10.1. The second-order valence-corrected chi connectivity index (χ2v) is 4.45. The molecule has 19 heavy (non-hydrogen) atoms. The first-order chi connectivity index (χ1) is 8.93. The third-order valence-electron chi connectivity index (χ3n) is 2.11. The van der Waals surface area contributed by atoms with Crippen molar-refractivity contribution in [3.63, 3.8) is 0 Å². The molecule has 1 aromatic carbocycles. The molecular formula is C14H17NO4. The molecule has 0 spiro atoms. The van der Waals surface area contributed by atoms with Crippen molar-refractivity contribution in [1.82, 2.24) is 0 Å². The number of carbonyl (C=O) groups is 2. The van der Waals surface area contributed by atoms with Gasteiger partial charge in [-0.3, -0.25) is 5.32 Å². The van der Waals surface area contributed by atoms with Gasteiger partial charge in [-0.2, -0.15) is 0 Å². The summed E-state index contributed by atoms with van der Waals surface area (Å²) >= 11 is 0. The van der Waals surface area contributed by atoms with E-state index >= 15 is 0 Å². The molecule has 0 aliphatic heterocycles. The Labute approximate surface area is 112 Å². The van der Waals surface area contributed by atoms with Crippen LogP contribution in [0.25, 0.3) is 0 Å². The summed E-state index contributed by atoms with van der Waals surface area (Å²) in [6.07, 6.45) is 0.458. The Morgan fingerprint density at radius 2 is 1.95 bits per heavy atom. The Morgan fingerprint density at radius 3 is 2.53 bits per heavy atom. The number of hydrogen-bond acceptors (Lipinski definition) is 4. The molecule has 0 heterocycles. The van der Waals surface area contributed by atoms with Crippen LogP contribution in [0.3, 0.4) is 0 Å². The highest BCUT2D eigenvalue weighted by Crippen LogP contribution is 2.11. The summed E-state index contributed by atoms with van der Waals surface area (Å²) < 4.78 is 10.0. The number of hydrogen-bond donors (Lipinski definition) is 1. The number of esters is 1. The molecule has 0 atom stereocenters. The standard InChI is InChI=1S/C14H17NO4/c1-4-12(16)19-14(2,3)10-18-13(17)15-11-8-6-5-7-9-11/h4-9H,1,10H2,2-3H3,(H,15,17). The number of para-hydroxylation sites is 1. The fourth-order valence-electron chi connectivity index (χ4n) is 1.26. The van der Waals surface area contributed by atoms with Gasteiger partial charge in [0.25, 0.3) is 0 Å². The molecule has 0 saturated carbocycles. The van der Waals surface area contributed by atoms with Crippen molar-refractivity contribution in [2.45, 2.75) is 19.4 Å². The topological polar surface area (TPSA) is 64.6 Å². The molecule has 0 aliphatic rings. The van der Waals surface area contributed by atoms with Gasteiger partial charge in [-0.1, -0.05) is 24.8 Å². The minimum absolute atomic E-state index is 0.0504. The minimum atomic E-state index is -0.903. The van der Waals surface area contributed by atoms with Crippen LogP contribution in [-0.4, -0.2) is 24.3 Å².